The first-order valence-corrected chi connectivity index (χ1v) is 11.9. The molecule has 10 heteroatoms. The third-order valence-electron chi connectivity index (χ3n) is 5.14. The molecular weight excluding hydrogens is 527 g/mol. The molecule has 1 unspecified atom stereocenters. The molecule has 0 bridgehead atoms. The average Bonchev–Trinajstić information content (AvgIpc) is 3.34. The summed E-state index contributed by atoms with van der Waals surface area (Å²) in [6.07, 6.45) is 5.60. The molecule has 0 saturated carbocycles. The summed E-state index contributed by atoms with van der Waals surface area (Å²) in [4.78, 5) is 23.0. The van der Waals surface area contributed by atoms with Gasteiger partial charge in [-0.05, 0) is 57.8 Å². The minimum atomic E-state index is -2.93. The minimum Gasteiger partial charge on any atom is -0.327 e. The van der Waals surface area contributed by atoms with Crippen LogP contribution in [0.4, 0.5) is 8.78 Å². The van der Waals surface area contributed by atoms with Gasteiger partial charge in [-0.2, -0.15) is 13.9 Å². The van der Waals surface area contributed by atoms with Crippen LogP contribution in [0.2, 0.25) is 5.15 Å². The quantitative estimate of drug-likeness (QED) is 0.264. The van der Waals surface area contributed by atoms with Gasteiger partial charge >= 0.3 is 3.93 Å². The van der Waals surface area contributed by atoms with E-state index in [2.05, 4.69) is 19.6 Å². The van der Waals surface area contributed by atoms with Crippen LogP contribution in [0.25, 0.3) is 5.82 Å². The first kappa shape index (κ1) is 21.0. The number of carbonyl (C=O) groups is 1. The van der Waals surface area contributed by atoms with E-state index in [-0.39, 0.29) is 17.5 Å². The smallest absolute Gasteiger partial charge is 0.319 e. The zero-order valence-corrected chi connectivity index (χ0v) is 19.0. The van der Waals surface area contributed by atoms with Gasteiger partial charge in [-0.25, -0.2) is 14.6 Å². The Bertz CT molecular complexity index is 1170. The number of nitrogens with zero attached hydrogens (tertiary/aromatic N) is 5. The Morgan fingerprint density at radius 1 is 1.33 bits per heavy atom. The second-order valence-electron chi connectivity index (χ2n) is 6.95. The Hall–Kier alpha value is -2.27. The lowest BCUT2D eigenvalue weighted by Gasteiger charge is -2.25. The van der Waals surface area contributed by atoms with Crippen molar-refractivity contribution >= 4 is 42.8 Å². The lowest BCUT2D eigenvalue weighted by molar-refractivity contribution is 0.0715. The number of aromatic nitrogens is 4. The zero-order chi connectivity index (χ0) is 21.6. The highest BCUT2D eigenvalue weighted by atomic mass is 127. The predicted molar refractivity (Wildman–Crippen MR) is 119 cm³/mol. The Kier molecular flexibility index (Phi) is 5.43. The van der Waals surface area contributed by atoms with E-state index in [1.54, 1.807) is 17.2 Å². The molecule has 30 heavy (non-hydrogen) atoms. The molecule has 3 aromatic rings. The van der Waals surface area contributed by atoms with Crippen LogP contribution < -0.4 is 0 Å². The Labute approximate surface area is 186 Å². The molecule has 0 fully saturated rings. The molecule has 1 amide bonds. The van der Waals surface area contributed by atoms with Gasteiger partial charge in [-0.15, -0.1) is 0 Å². The summed E-state index contributed by atoms with van der Waals surface area (Å²) in [5.74, 6) is 0.345. The second-order valence-corrected chi connectivity index (χ2v) is 9.43. The molecule has 0 aromatic carbocycles. The summed E-state index contributed by atoms with van der Waals surface area (Å²) >= 11 is 4.60. The largest absolute Gasteiger partial charge is 0.327 e. The lowest BCUT2D eigenvalue weighted by atomic mass is 10.1. The van der Waals surface area contributed by atoms with Crippen LogP contribution >= 0.6 is 32.3 Å². The van der Waals surface area contributed by atoms with Crippen LogP contribution in [0.3, 0.4) is 0 Å². The number of carbonyl (C=O) groups excluding carboxylic acids is 1. The summed E-state index contributed by atoms with van der Waals surface area (Å²) in [6, 6.07) is 3.30. The number of fused-ring (bicyclic) bond motifs is 1. The molecule has 0 radical (unpaired) electrons. The van der Waals surface area contributed by atoms with Crippen molar-refractivity contribution in [2.45, 2.75) is 30.4 Å². The van der Waals surface area contributed by atoms with Crippen LogP contribution in [-0.4, -0.2) is 35.1 Å². The molecule has 0 spiro atoms. The van der Waals surface area contributed by atoms with Crippen LogP contribution in [0.1, 0.15) is 45.6 Å². The number of alkyl halides is 3. The molecule has 0 saturated heterocycles. The Balaban J connectivity index is 1.61. The maximum atomic E-state index is 13.9. The maximum absolute atomic E-state index is 13.9. The number of pyridine rings is 2. The Morgan fingerprint density at radius 3 is 2.77 bits per heavy atom. The highest BCUT2D eigenvalue weighted by molar-refractivity contribution is 14.2. The summed E-state index contributed by atoms with van der Waals surface area (Å²) in [6.45, 7) is 4.11. The van der Waals surface area contributed by atoms with Crippen molar-refractivity contribution in [3.63, 3.8) is 0 Å². The lowest BCUT2D eigenvalue weighted by Crippen LogP contribution is -2.27. The fraction of sp³-hybridized carbons (Fsp3) is 0.250. The van der Waals surface area contributed by atoms with Gasteiger partial charge < -0.3 is 4.90 Å². The van der Waals surface area contributed by atoms with Crippen molar-refractivity contribution in [2.75, 3.05) is 0 Å². The predicted octanol–water partition coefficient (Wildman–Crippen LogP) is 4.79. The topological polar surface area (TPSA) is 63.9 Å². The van der Waals surface area contributed by atoms with Gasteiger partial charge in [0.2, 0.25) is 0 Å². The van der Waals surface area contributed by atoms with Crippen molar-refractivity contribution in [2.24, 2.45) is 0 Å². The zero-order valence-electron chi connectivity index (χ0n) is 16.1. The van der Waals surface area contributed by atoms with Gasteiger partial charge in [0.1, 0.15) is 5.15 Å². The van der Waals surface area contributed by atoms with Crippen LogP contribution in [0.5, 0.6) is 0 Å². The molecule has 0 N–H and O–H groups in total. The maximum Gasteiger partial charge on any atom is 0.319 e. The molecule has 6 nitrogen and oxygen atoms in total. The number of halogens is 4. The molecular formula is C20H17ClF2IN5O. The summed E-state index contributed by atoms with van der Waals surface area (Å²) in [5.41, 5.74) is 2.69. The summed E-state index contributed by atoms with van der Waals surface area (Å²) in [7, 11) is 0. The number of amides is 1. The molecule has 1 aliphatic heterocycles. The molecule has 1 atom stereocenters. The van der Waals surface area contributed by atoms with Crippen molar-refractivity contribution < 1.29 is 13.6 Å². The first-order valence-electron chi connectivity index (χ1n) is 8.96. The fourth-order valence-corrected chi connectivity index (χ4v) is 4.36. The average molecular weight is 544 g/mol. The van der Waals surface area contributed by atoms with Gasteiger partial charge in [0.25, 0.3) is 5.91 Å². The van der Waals surface area contributed by atoms with Crippen LogP contribution in [0.15, 0.2) is 36.9 Å². The molecule has 0 aliphatic carbocycles. The minimum absolute atomic E-state index is 0.112. The highest BCUT2D eigenvalue weighted by Crippen LogP contribution is 2.38. The van der Waals surface area contributed by atoms with E-state index >= 15 is 0 Å². The number of hydrogen-bond acceptors (Lipinski definition) is 4. The molecule has 3 aromatic heterocycles. The normalized spacial score (nSPS) is 14.8. The van der Waals surface area contributed by atoms with Crippen molar-refractivity contribution in [1.82, 2.24) is 24.6 Å². The van der Waals surface area contributed by atoms with E-state index in [0.717, 1.165) is 22.9 Å². The Morgan fingerprint density at radius 2 is 2.10 bits per heavy atom. The third-order valence-corrected chi connectivity index (χ3v) is 7.05. The summed E-state index contributed by atoms with van der Waals surface area (Å²) < 4.78 is 29.6. The SMILES string of the molecule is C=IC(F)(F)c1cnn(-c2ncc(C(C)N3Cc4c(ccnc4Cl)C3=O)cc2C)c1. The third kappa shape index (κ3) is 3.53. The number of hydrogen-bond donors (Lipinski definition) is 0. The van der Waals surface area contributed by atoms with Gasteiger partial charge in [0, 0.05) is 29.7 Å². The molecule has 4 heterocycles. The standard InChI is InChI=1S/C20H17ClF2IN5O/c1-11-6-13(7-26-18(11)29-9-14(8-27-29)20(22,23)24-3)12(2)28-10-16-15(19(28)30)4-5-25-17(16)21/h4-9,12H,3,10H2,1-2H3. The fourth-order valence-electron chi connectivity index (χ4n) is 3.43. The van der Waals surface area contributed by atoms with E-state index < -0.39 is 24.7 Å². The monoisotopic (exact) mass is 543 g/mol. The van der Waals surface area contributed by atoms with Crippen LogP contribution in [0, 0.1) is 6.92 Å². The van der Waals surface area contributed by atoms with Gasteiger partial charge in [-0.1, -0.05) is 16.1 Å². The van der Waals surface area contributed by atoms with Crippen molar-refractivity contribution in [1.29, 1.82) is 0 Å². The number of aryl methyl sites for hydroxylation is 1. The first-order chi connectivity index (χ1) is 14.2. The van der Waals surface area contributed by atoms with Crippen LogP contribution in [-0.2, 0) is 10.5 Å². The molecule has 4 rings (SSSR count). The van der Waals surface area contributed by atoms with Gasteiger partial charge in [-0.3, -0.25) is 4.79 Å². The van der Waals surface area contributed by atoms with E-state index in [1.807, 2.05) is 19.9 Å². The van der Waals surface area contributed by atoms with E-state index in [1.165, 1.54) is 17.1 Å². The summed E-state index contributed by atoms with van der Waals surface area (Å²) in [5, 5.41) is 4.37. The van der Waals surface area contributed by atoms with E-state index in [9.17, 15) is 13.6 Å². The van der Waals surface area contributed by atoms with Gasteiger partial charge in [0.15, 0.2) is 5.82 Å². The van der Waals surface area contributed by atoms with Crippen molar-refractivity contribution in [3.05, 3.63) is 69.9 Å². The number of rotatable bonds is 5. The second kappa shape index (κ2) is 7.77. The molecule has 1 aliphatic rings. The van der Waals surface area contributed by atoms with E-state index in [4.69, 9.17) is 11.6 Å². The molecule has 156 valence electrons. The van der Waals surface area contributed by atoms with Crippen molar-refractivity contribution in [3.8, 4) is 5.82 Å². The van der Waals surface area contributed by atoms with Gasteiger partial charge in [0.05, 0.1) is 24.3 Å². The highest BCUT2D eigenvalue weighted by Gasteiger charge is 2.34. The van der Waals surface area contributed by atoms with E-state index in [0.29, 0.717) is 23.1 Å².